The molecule has 1 aliphatic heterocycles. The van der Waals surface area contributed by atoms with Crippen molar-refractivity contribution in [2.24, 2.45) is 0 Å². The summed E-state index contributed by atoms with van der Waals surface area (Å²) in [5.74, 6) is 0.00807. The number of anilines is 1. The van der Waals surface area contributed by atoms with Gasteiger partial charge in [-0.05, 0) is 62.6 Å². The van der Waals surface area contributed by atoms with Crippen molar-refractivity contribution in [1.29, 1.82) is 0 Å². The third-order valence-corrected chi connectivity index (χ3v) is 7.99. The normalized spacial score (nSPS) is 15.6. The molecule has 3 heterocycles. The van der Waals surface area contributed by atoms with Gasteiger partial charge in [0.25, 0.3) is 0 Å². The molecule has 0 radical (unpaired) electrons. The molecule has 1 saturated heterocycles. The molecule has 0 bridgehead atoms. The first-order valence-electron chi connectivity index (χ1n) is 12.8. The van der Waals surface area contributed by atoms with Crippen LogP contribution in [0.2, 0.25) is 0 Å². The van der Waals surface area contributed by atoms with Crippen molar-refractivity contribution >= 4 is 22.9 Å². The van der Waals surface area contributed by atoms with Crippen molar-refractivity contribution in [3.05, 3.63) is 51.8 Å². The molecule has 0 unspecified atom stereocenters. The van der Waals surface area contributed by atoms with Crippen molar-refractivity contribution in [2.75, 3.05) is 71.9 Å². The van der Waals surface area contributed by atoms with Crippen LogP contribution in [0.1, 0.15) is 16.1 Å². The van der Waals surface area contributed by atoms with Gasteiger partial charge in [-0.2, -0.15) is 5.10 Å². The predicted molar refractivity (Wildman–Crippen MR) is 145 cm³/mol. The summed E-state index contributed by atoms with van der Waals surface area (Å²) in [6, 6.07) is 10.3. The van der Waals surface area contributed by atoms with E-state index in [2.05, 4.69) is 55.7 Å². The molecule has 0 atom stereocenters. The van der Waals surface area contributed by atoms with Crippen LogP contribution in [0.5, 0.6) is 0 Å². The first-order valence-corrected chi connectivity index (χ1v) is 13.7. The van der Waals surface area contributed by atoms with E-state index in [1.165, 1.54) is 27.4 Å². The van der Waals surface area contributed by atoms with Gasteiger partial charge in [-0.3, -0.25) is 9.69 Å². The third-order valence-electron chi connectivity index (χ3n) is 7.01. The Kier molecular flexibility index (Phi) is 8.13. The van der Waals surface area contributed by atoms with Gasteiger partial charge in [-0.1, -0.05) is 0 Å². The molecule has 1 aromatic carbocycles. The number of benzene rings is 1. The number of carbonyl (C=O) groups is 1. The lowest BCUT2D eigenvalue weighted by atomic mass is 9.94. The van der Waals surface area contributed by atoms with Gasteiger partial charge in [0.05, 0.1) is 36.8 Å². The van der Waals surface area contributed by atoms with Crippen molar-refractivity contribution < 1.29 is 9.53 Å². The standard InChI is InChI=1S/C27H36N6O2S/c1-28-11-13-31(2)12-9-24-22-7-8-25-23(10-18-36-25)27(22)33(30-24)21-5-3-20(4-6-21)29-26(34)19-32-14-16-35-17-15-32/h3-6,10,18,28H,7-9,11-17,19H2,1-2H3,(H,29,34). The summed E-state index contributed by atoms with van der Waals surface area (Å²) in [7, 11) is 4.16. The minimum atomic E-state index is 0.00807. The number of thiophene rings is 1. The number of ether oxygens (including phenoxy) is 1. The van der Waals surface area contributed by atoms with Gasteiger partial charge in [-0.25, -0.2) is 4.68 Å². The topological polar surface area (TPSA) is 74.7 Å². The highest BCUT2D eigenvalue weighted by Gasteiger charge is 2.26. The molecule has 1 fully saturated rings. The Morgan fingerprint density at radius 2 is 1.94 bits per heavy atom. The maximum Gasteiger partial charge on any atom is 0.238 e. The second kappa shape index (κ2) is 11.7. The van der Waals surface area contributed by atoms with Crippen molar-refractivity contribution in [3.8, 4) is 16.9 Å². The van der Waals surface area contributed by atoms with E-state index in [1.54, 1.807) is 0 Å². The molecule has 3 aromatic rings. The number of nitrogens with zero attached hydrogens (tertiary/aromatic N) is 4. The van der Waals surface area contributed by atoms with Crippen molar-refractivity contribution in [2.45, 2.75) is 19.3 Å². The molecule has 0 saturated carbocycles. The summed E-state index contributed by atoms with van der Waals surface area (Å²) < 4.78 is 7.48. The monoisotopic (exact) mass is 508 g/mol. The SMILES string of the molecule is CNCCN(C)CCc1nn(-c2ccc(NC(=O)CN3CCOCC3)cc2)c2c1CCc1sccc1-2. The minimum absolute atomic E-state index is 0.00807. The van der Waals surface area contributed by atoms with E-state index in [4.69, 9.17) is 9.84 Å². The van der Waals surface area contributed by atoms with E-state index in [0.29, 0.717) is 19.8 Å². The number of likely N-dealkylation sites (N-methyl/N-ethyl adjacent to an activating group) is 2. The quantitative estimate of drug-likeness (QED) is 0.439. The Morgan fingerprint density at radius 3 is 2.72 bits per heavy atom. The van der Waals surface area contributed by atoms with E-state index < -0.39 is 0 Å². The number of amides is 1. The first kappa shape index (κ1) is 25.1. The highest BCUT2D eigenvalue weighted by Crippen LogP contribution is 2.39. The number of morpholine rings is 1. The van der Waals surface area contributed by atoms with Crippen molar-refractivity contribution in [1.82, 2.24) is 24.9 Å². The number of aromatic nitrogens is 2. The summed E-state index contributed by atoms with van der Waals surface area (Å²) in [6.07, 6.45) is 3.06. The first-order chi connectivity index (χ1) is 17.6. The van der Waals surface area contributed by atoms with Gasteiger partial charge in [0, 0.05) is 60.8 Å². The van der Waals surface area contributed by atoms with Crippen LogP contribution in [0.3, 0.4) is 0 Å². The second-order valence-electron chi connectivity index (χ2n) is 9.58. The van der Waals surface area contributed by atoms with Gasteiger partial charge >= 0.3 is 0 Å². The smallest absolute Gasteiger partial charge is 0.238 e. The maximum absolute atomic E-state index is 12.5. The Bertz CT molecular complexity index is 1170. The summed E-state index contributed by atoms with van der Waals surface area (Å²) in [5.41, 5.74) is 6.94. The summed E-state index contributed by atoms with van der Waals surface area (Å²) >= 11 is 1.84. The number of rotatable bonds is 10. The Labute approximate surface area is 217 Å². The molecular formula is C27H36N6O2S. The highest BCUT2D eigenvalue weighted by atomic mass is 32.1. The summed E-state index contributed by atoms with van der Waals surface area (Å²) in [4.78, 5) is 18.4. The van der Waals surface area contributed by atoms with Crippen LogP contribution in [0.25, 0.3) is 16.9 Å². The van der Waals surface area contributed by atoms with Gasteiger partial charge in [0.1, 0.15) is 0 Å². The number of carbonyl (C=O) groups excluding carboxylic acids is 1. The Morgan fingerprint density at radius 1 is 1.14 bits per heavy atom. The van der Waals surface area contributed by atoms with E-state index in [0.717, 1.165) is 63.4 Å². The molecule has 192 valence electrons. The van der Waals surface area contributed by atoms with Crippen LogP contribution >= 0.6 is 11.3 Å². The Hall–Kier alpha value is -2.56. The van der Waals surface area contributed by atoms with Crippen LogP contribution in [0, 0.1) is 0 Å². The lowest BCUT2D eigenvalue weighted by Crippen LogP contribution is -2.41. The zero-order chi connectivity index (χ0) is 24.9. The number of nitrogens with one attached hydrogen (secondary N) is 2. The van der Waals surface area contributed by atoms with Crippen LogP contribution in [-0.2, 0) is 28.8 Å². The number of fused-ring (bicyclic) bond motifs is 3. The molecule has 2 aliphatic rings. The fourth-order valence-electron chi connectivity index (χ4n) is 4.97. The minimum Gasteiger partial charge on any atom is -0.379 e. The largest absolute Gasteiger partial charge is 0.379 e. The summed E-state index contributed by atoms with van der Waals surface area (Å²) in [6.45, 7) is 6.36. The van der Waals surface area contributed by atoms with E-state index in [-0.39, 0.29) is 5.91 Å². The van der Waals surface area contributed by atoms with Gasteiger partial charge in [0.2, 0.25) is 5.91 Å². The van der Waals surface area contributed by atoms with Crippen LogP contribution < -0.4 is 10.6 Å². The van der Waals surface area contributed by atoms with Crippen molar-refractivity contribution in [3.63, 3.8) is 0 Å². The average molecular weight is 509 g/mol. The molecule has 9 heteroatoms. The number of hydrogen-bond donors (Lipinski definition) is 2. The average Bonchev–Trinajstić information content (AvgIpc) is 3.52. The van der Waals surface area contributed by atoms with Crippen LogP contribution in [0.15, 0.2) is 35.7 Å². The van der Waals surface area contributed by atoms with Gasteiger partial charge in [0.15, 0.2) is 0 Å². The molecule has 8 nitrogen and oxygen atoms in total. The predicted octanol–water partition coefficient (Wildman–Crippen LogP) is 2.66. The van der Waals surface area contributed by atoms with E-state index >= 15 is 0 Å². The van der Waals surface area contributed by atoms with Crippen LogP contribution in [-0.4, -0.2) is 92.1 Å². The molecule has 2 N–H and O–H groups in total. The fourth-order valence-corrected chi connectivity index (χ4v) is 5.85. The Balaban J connectivity index is 1.34. The second-order valence-corrected chi connectivity index (χ2v) is 10.6. The molecular weight excluding hydrogens is 472 g/mol. The molecule has 1 aliphatic carbocycles. The van der Waals surface area contributed by atoms with Crippen LogP contribution in [0.4, 0.5) is 5.69 Å². The third kappa shape index (κ3) is 5.71. The molecule has 5 rings (SSSR count). The zero-order valence-corrected chi connectivity index (χ0v) is 22.1. The van der Waals surface area contributed by atoms with E-state index in [9.17, 15) is 4.79 Å². The summed E-state index contributed by atoms with van der Waals surface area (Å²) in [5, 5.41) is 13.6. The van der Waals surface area contributed by atoms with E-state index in [1.807, 2.05) is 30.5 Å². The highest BCUT2D eigenvalue weighted by molar-refractivity contribution is 7.10. The molecule has 0 spiro atoms. The number of aryl methyl sites for hydroxylation is 1. The lowest BCUT2D eigenvalue weighted by Gasteiger charge is -2.25. The molecule has 2 aromatic heterocycles. The lowest BCUT2D eigenvalue weighted by molar-refractivity contribution is -0.118. The fraction of sp³-hybridized carbons (Fsp3) is 0.481. The zero-order valence-electron chi connectivity index (χ0n) is 21.3. The molecule has 36 heavy (non-hydrogen) atoms. The van der Waals surface area contributed by atoms with Gasteiger partial charge < -0.3 is 20.3 Å². The molecule has 1 amide bonds. The van der Waals surface area contributed by atoms with Gasteiger partial charge in [-0.15, -0.1) is 11.3 Å². The number of hydrogen-bond acceptors (Lipinski definition) is 7. The maximum atomic E-state index is 12.5.